The highest BCUT2D eigenvalue weighted by Gasteiger charge is 2.24. The van der Waals surface area contributed by atoms with Gasteiger partial charge in [0.05, 0.1) is 6.61 Å². The highest BCUT2D eigenvalue weighted by atomic mass is 16.5. The summed E-state index contributed by atoms with van der Waals surface area (Å²) in [5.74, 6) is 0.526. The van der Waals surface area contributed by atoms with Crippen LogP contribution in [0.15, 0.2) is 36.1 Å². The van der Waals surface area contributed by atoms with E-state index in [1.807, 2.05) is 30.3 Å². The minimum Gasteiger partial charge on any atom is -0.490 e. The first kappa shape index (κ1) is 12.9. The van der Waals surface area contributed by atoms with Crippen molar-refractivity contribution >= 4 is 5.78 Å². The zero-order chi connectivity index (χ0) is 13.2. The van der Waals surface area contributed by atoms with E-state index in [9.17, 15) is 4.79 Å². The predicted molar refractivity (Wildman–Crippen MR) is 72.7 cm³/mol. The van der Waals surface area contributed by atoms with Gasteiger partial charge in [0.15, 0.2) is 5.76 Å². The number of carbonyl (C=O) groups is 1. The van der Waals surface area contributed by atoms with E-state index in [1.54, 1.807) is 0 Å². The molecule has 18 heavy (non-hydrogen) atoms. The van der Waals surface area contributed by atoms with E-state index in [0.717, 1.165) is 24.0 Å². The summed E-state index contributed by atoms with van der Waals surface area (Å²) in [6.45, 7) is 7.01. The summed E-state index contributed by atoms with van der Waals surface area (Å²) in [6, 6.07) is 7.80. The summed E-state index contributed by atoms with van der Waals surface area (Å²) in [6.07, 6.45) is 3.84. The third-order valence-electron chi connectivity index (χ3n) is 3.14. The van der Waals surface area contributed by atoms with E-state index in [0.29, 0.717) is 12.4 Å². The second-order valence-electron chi connectivity index (χ2n) is 5.68. The molecular formula is C16H20O2. The Morgan fingerprint density at radius 2 is 1.94 bits per heavy atom. The number of carbonyl (C=O) groups excluding carboxylic acids is 1. The lowest BCUT2D eigenvalue weighted by molar-refractivity contribution is 0.0897. The fourth-order valence-corrected chi connectivity index (χ4v) is 2.18. The van der Waals surface area contributed by atoms with Crippen molar-refractivity contribution in [2.24, 2.45) is 0 Å². The van der Waals surface area contributed by atoms with Crippen LogP contribution >= 0.6 is 0 Å². The molecule has 0 spiro atoms. The van der Waals surface area contributed by atoms with Crippen molar-refractivity contribution in [1.82, 2.24) is 0 Å². The van der Waals surface area contributed by atoms with Gasteiger partial charge in [-0.1, -0.05) is 45.0 Å². The van der Waals surface area contributed by atoms with E-state index >= 15 is 0 Å². The van der Waals surface area contributed by atoms with Crippen LogP contribution < -0.4 is 0 Å². The second kappa shape index (κ2) is 4.97. The Balaban J connectivity index is 2.39. The Hall–Kier alpha value is -1.57. The third kappa shape index (κ3) is 2.63. The molecule has 0 aromatic heterocycles. The monoisotopic (exact) mass is 244 g/mol. The molecule has 0 bridgehead atoms. The molecule has 2 rings (SSSR count). The molecule has 1 heterocycles. The third-order valence-corrected chi connectivity index (χ3v) is 3.14. The van der Waals surface area contributed by atoms with Crippen LogP contribution in [0.2, 0.25) is 0 Å². The number of hydrogen-bond acceptors (Lipinski definition) is 2. The van der Waals surface area contributed by atoms with Crippen molar-refractivity contribution in [3.05, 3.63) is 47.2 Å². The Labute approximate surface area is 109 Å². The highest BCUT2D eigenvalue weighted by molar-refractivity contribution is 6.08. The first-order valence-corrected chi connectivity index (χ1v) is 6.47. The molecule has 2 heteroatoms. The summed E-state index contributed by atoms with van der Waals surface area (Å²) in [7, 11) is 0. The molecule has 0 aliphatic carbocycles. The fourth-order valence-electron chi connectivity index (χ4n) is 2.18. The number of benzene rings is 1. The van der Waals surface area contributed by atoms with Crippen molar-refractivity contribution < 1.29 is 9.53 Å². The van der Waals surface area contributed by atoms with Gasteiger partial charge in [-0.15, -0.1) is 0 Å². The lowest BCUT2D eigenvalue weighted by Gasteiger charge is -2.23. The van der Waals surface area contributed by atoms with Crippen molar-refractivity contribution in [1.29, 1.82) is 0 Å². The van der Waals surface area contributed by atoms with E-state index in [-0.39, 0.29) is 11.2 Å². The van der Waals surface area contributed by atoms with Crippen LogP contribution in [-0.2, 0) is 10.2 Å². The van der Waals surface area contributed by atoms with Crippen LogP contribution in [-0.4, -0.2) is 12.4 Å². The van der Waals surface area contributed by atoms with Crippen LogP contribution in [0.25, 0.3) is 0 Å². The zero-order valence-corrected chi connectivity index (χ0v) is 11.3. The van der Waals surface area contributed by atoms with Gasteiger partial charge >= 0.3 is 0 Å². The second-order valence-corrected chi connectivity index (χ2v) is 5.68. The maximum absolute atomic E-state index is 12.5. The molecule has 0 saturated carbocycles. The normalized spacial score (nSPS) is 15.8. The van der Waals surface area contributed by atoms with E-state index in [1.165, 1.54) is 0 Å². The van der Waals surface area contributed by atoms with Gasteiger partial charge in [-0.3, -0.25) is 4.79 Å². The van der Waals surface area contributed by atoms with Crippen molar-refractivity contribution in [2.45, 2.75) is 39.0 Å². The van der Waals surface area contributed by atoms with Crippen LogP contribution in [0.5, 0.6) is 0 Å². The first-order chi connectivity index (χ1) is 8.50. The Bertz CT molecular complexity index is 478. The van der Waals surface area contributed by atoms with Crippen molar-refractivity contribution in [3.63, 3.8) is 0 Å². The smallest absolute Gasteiger partial charge is 0.227 e. The summed E-state index contributed by atoms with van der Waals surface area (Å²) < 4.78 is 5.47. The molecule has 1 aromatic carbocycles. The summed E-state index contributed by atoms with van der Waals surface area (Å²) in [5, 5.41) is 0. The van der Waals surface area contributed by atoms with Crippen LogP contribution in [0.4, 0.5) is 0 Å². The Kier molecular flexibility index (Phi) is 3.55. The van der Waals surface area contributed by atoms with Crippen LogP contribution in [0.3, 0.4) is 0 Å². The molecule has 0 N–H and O–H groups in total. The zero-order valence-electron chi connectivity index (χ0n) is 11.3. The standard InChI is InChI=1S/C16H20O2/c1-16(2,3)13-9-5-4-8-12(13)15(17)14-10-6-7-11-18-14/h4-5,8-10H,6-7,11H2,1-3H3. The van der Waals surface area contributed by atoms with E-state index in [2.05, 4.69) is 20.8 Å². The van der Waals surface area contributed by atoms with Gasteiger partial charge < -0.3 is 4.74 Å². The number of ether oxygens (including phenoxy) is 1. The number of ketones is 1. The lowest BCUT2D eigenvalue weighted by atomic mass is 9.82. The number of rotatable bonds is 2. The average molecular weight is 244 g/mol. The first-order valence-electron chi connectivity index (χ1n) is 6.47. The number of hydrogen-bond donors (Lipinski definition) is 0. The molecular weight excluding hydrogens is 224 g/mol. The van der Waals surface area contributed by atoms with Gasteiger partial charge in [0.2, 0.25) is 5.78 Å². The van der Waals surface area contributed by atoms with Gasteiger partial charge in [0, 0.05) is 5.56 Å². The van der Waals surface area contributed by atoms with E-state index in [4.69, 9.17) is 4.74 Å². The van der Waals surface area contributed by atoms with Crippen molar-refractivity contribution in [2.75, 3.05) is 6.61 Å². The topological polar surface area (TPSA) is 26.3 Å². The molecule has 0 saturated heterocycles. The Morgan fingerprint density at radius 3 is 2.56 bits per heavy atom. The van der Waals surface area contributed by atoms with Gasteiger partial charge in [-0.25, -0.2) is 0 Å². The molecule has 0 atom stereocenters. The fraction of sp³-hybridized carbons (Fsp3) is 0.438. The summed E-state index contributed by atoms with van der Waals surface area (Å²) in [5.41, 5.74) is 1.80. The van der Waals surface area contributed by atoms with E-state index < -0.39 is 0 Å². The average Bonchev–Trinajstić information content (AvgIpc) is 2.38. The molecule has 0 unspecified atom stereocenters. The molecule has 1 aliphatic heterocycles. The molecule has 96 valence electrons. The highest BCUT2D eigenvalue weighted by Crippen LogP contribution is 2.28. The molecule has 0 amide bonds. The number of allylic oxidation sites excluding steroid dienone is 2. The maximum atomic E-state index is 12.5. The van der Waals surface area contributed by atoms with Gasteiger partial charge in [0.1, 0.15) is 0 Å². The van der Waals surface area contributed by atoms with Gasteiger partial charge in [-0.05, 0) is 29.9 Å². The maximum Gasteiger partial charge on any atom is 0.227 e. The van der Waals surface area contributed by atoms with Crippen LogP contribution in [0, 0.1) is 0 Å². The van der Waals surface area contributed by atoms with Gasteiger partial charge in [0.25, 0.3) is 0 Å². The number of Topliss-reactive ketones (excluding diaryl/α,β-unsaturated/α-hetero) is 1. The molecule has 1 aromatic rings. The minimum atomic E-state index is -0.0402. The summed E-state index contributed by atoms with van der Waals surface area (Å²) in [4.78, 5) is 12.5. The predicted octanol–water partition coefficient (Wildman–Crippen LogP) is 3.86. The Morgan fingerprint density at radius 1 is 1.22 bits per heavy atom. The lowest BCUT2D eigenvalue weighted by Crippen LogP contribution is -2.19. The molecule has 1 aliphatic rings. The van der Waals surface area contributed by atoms with Gasteiger partial charge in [-0.2, -0.15) is 0 Å². The molecule has 2 nitrogen and oxygen atoms in total. The van der Waals surface area contributed by atoms with Crippen LogP contribution in [0.1, 0.15) is 49.5 Å². The molecule has 0 fully saturated rings. The summed E-state index contributed by atoms with van der Waals surface area (Å²) >= 11 is 0. The minimum absolute atomic E-state index is 0.0141. The SMILES string of the molecule is CC(C)(C)c1ccccc1C(=O)C1=CCCCO1. The molecule has 0 radical (unpaired) electrons. The van der Waals surface area contributed by atoms with Crippen molar-refractivity contribution in [3.8, 4) is 0 Å². The quantitative estimate of drug-likeness (QED) is 0.738. The largest absolute Gasteiger partial charge is 0.490 e.